The lowest BCUT2D eigenvalue weighted by atomic mass is 9.95. The lowest BCUT2D eigenvalue weighted by molar-refractivity contribution is -0.881. The van der Waals surface area contributed by atoms with Gasteiger partial charge in [0.1, 0.15) is 13.2 Å². The minimum absolute atomic E-state index is 0.0353. The number of ether oxygens (including phenoxy) is 2. The zero-order valence-corrected chi connectivity index (χ0v) is 17.6. The lowest BCUT2D eigenvalue weighted by Crippen LogP contribution is -3.14. The highest BCUT2D eigenvalue weighted by molar-refractivity contribution is 5.79. The van der Waals surface area contributed by atoms with Crippen LogP contribution in [0.2, 0.25) is 0 Å². The van der Waals surface area contributed by atoms with Crippen LogP contribution in [-0.4, -0.2) is 50.7 Å². The number of hydrogen-bond donors (Lipinski definition) is 3. The Morgan fingerprint density at radius 1 is 1.00 bits per heavy atom. The number of carbonyl (C=O) groups is 2. The van der Waals surface area contributed by atoms with Gasteiger partial charge < -0.3 is 25.0 Å². The van der Waals surface area contributed by atoms with Crippen molar-refractivity contribution < 1.29 is 24.0 Å². The van der Waals surface area contributed by atoms with Crippen LogP contribution in [0.15, 0.2) is 18.2 Å². The molecule has 2 atom stereocenters. The van der Waals surface area contributed by atoms with Crippen LogP contribution in [-0.2, 0) is 9.59 Å². The molecule has 3 N–H and O–H groups in total. The third kappa shape index (κ3) is 6.41. The molecule has 0 bridgehead atoms. The molecule has 2 amide bonds. The number of quaternary nitrogens is 1. The Hall–Kier alpha value is -2.28. The highest BCUT2D eigenvalue weighted by Gasteiger charge is 2.24. The van der Waals surface area contributed by atoms with Gasteiger partial charge in [-0.05, 0) is 44.4 Å². The van der Waals surface area contributed by atoms with Crippen LogP contribution in [0.4, 0.5) is 0 Å². The van der Waals surface area contributed by atoms with E-state index >= 15 is 0 Å². The smallest absolute Gasteiger partial charge is 0.275 e. The first-order valence-corrected chi connectivity index (χ1v) is 10.1. The first-order chi connectivity index (χ1) is 13.3. The quantitative estimate of drug-likeness (QED) is 0.578. The average molecular weight is 393 g/mol. The zero-order chi connectivity index (χ0) is 20.7. The van der Waals surface area contributed by atoms with E-state index in [4.69, 9.17) is 9.47 Å². The minimum atomic E-state index is -0.133. The number of nitrogens with one attached hydrogen (secondary N) is 3. The Morgan fingerprint density at radius 3 is 2.18 bits per heavy atom. The normalized spacial score (nSPS) is 15.2. The fourth-order valence-electron chi connectivity index (χ4n) is 3.25. The molecular formula is C21H34N3O4+. The van der Waals surface area contributed by atoms with E-state index < -0.39 is 0 Å². The molecular weight excluding hydrogens is 358 g/mol. The average Bonchev–Trinajstić information content (AvgIpc) is 2.64. The molecule has 7 heteroatoms. The molecule has 1 aliphatic rings. The van der Waals surface area contributed by atoms with E-state index in [1.165, 1.54) is 0 Å². The number of hydrogen-bond acceptors (Lipinski definition) is 4. The van der Waals surface area contributed by atoms with E-state index in [0.29, 0.717) is 26.3 Å². The monoisotopic (exact) mass is 392 g/mol. The Bertz CT molecular complexity index is 676. The third-order valence-electron chi connectivity index (χ3n) is 4.68. The van der Waals surface area contributed by atoms with Gasteiger partial charge in [0.25, 0.3) is 11.8 Å². The van der Waals surface area contributed by atoms with Crippen molar-refractivity contribution in [1.29, 1.82) is 0 Å². The van der Waals surface area contributed by atoms with Gasteiger partial charge in [-0.3, -0.25) is 9.59 Å². The van der Waals surface area contributed by atoms with E-state index in [-0.39, 0.29) is 36.4 Å². The molecule has 1 aliphatic heterocycles. The molecule has 1 unspecified atom stereocenters. The topological polar surface area (TPSA) is 81.1 Å². The summed E-state index contributed by atoms with van der Waals surface area (Å²) in [4.78, 5) is 25.6. The van der Waals surface area contributed by atoms with Gasteiger partial charge in [0, 0.05) is 6.04 Å². The van der Waals surface area contributed by atoms with Crippen molar-refractivity contribution in [3.63, 3.8) is 0 Å². The highest BCUT2D eigenvalue weighted by Crippen LogP contribution is 2.34. The molecule has 28 heavy (non-hydrogen) atoms. The van der Waals surface area contributed by atoms with Crippen LogP contribution in [0.1, 0.15) is 46.2 Å². The fourth-order valence-corrected chi connectivity index (χ4v) is 3.25. The van der Waals surface area contributed by atoms with Crippen LogP contribution >= 0.6 is 0 Å². The van der Waals surface area contributed by atoms with E-state index in [0.717, 1.165) is 22.0 Å². The number of amides is 2. The largest absolute Gasteiger partial charge is 0.486 e. The van der Waals surface area contributed by atoms with Crippen LogP contribution in [0.3, 0.4) is 0 Å². The summed E-state index contributed by atoms with van der Waals surface area (Å²) in [6.07, 6.45) is 0. The molecule has 1 aromatic carbocycles. The van der Waals surface area contributed by atoms with Crippen LogP contribution in [0.5, 0.6) is 11.5 Å². The Kier molecular flexibility index (Phi) is 8.11. The molecule has 0 radical (unpaired) electrons. The second-order valence-electron chi connectivity index (χ2n) is 7.87. The fraction of sp³-hybridized carbons (Fsp3) is 0.619. The molecule has 7 nitrogen and oxygen atoms in total. The summed E-state index contributed by atoms with van der Waals surface area (Å²) < 4.78 is 11.2. The summed E-state index contributed by atoms with van der Waals surface area (Å²) in [5.41, 5.74) is 0.989. The number of likely N-dealkylation sites (N-methyl/N-ethyl adjacent to an activating group) is 1. The van der Waals surface area contributed by atoms with Crippen molar-refractivity contribution in [2.45, 2.75) is 46.7 Å². The van der Waals surface area contributed by atoms with Gasteiger partial charge in [-0.25, -0.2) is 0 Å². The molecule has 0 fully saturated rings. The van der Waals surface area contributed by atoms with Gasteiger partial charge in [0.15, 0.2) is 24.6 Å². The highest BCUT2D eigenvalue weighted by atomic mass is 16.6. The molecule has 2 rings (SSSR count). The summed E-state index contributed by atoms with van der Waals surface area (Å²) in [6, 6.07) is 5.77. The van der Waals surface area contributed by atoms with Crippen molar-refractivity contribution in [3.8, 4) is 11.5 Å². The first kappa shape index (κ1) is 22.0. The van der Waals surface area contributed by atoms with E-state index in [1.54, 1.807) is 0 Å². The van der Waals surface area contributed by atoms with Crippen LogP contribution < -0.4 is 25.0 Å². The van der Waals surface area contributed by atoms with Gasteiger partial charge in [0.2, 0.25) is 0 Å². The summed E-state index contributed by atoms with van der Waals surface area (Å²) >= 11 is 0. The summed E-state index contributed by atoms with van der Waals surface area (Å²) in [7, 11) is 0. The predicted molar refractivity (Wildman–Crippen MR) is 108 cm³/mol. The number of benzene rings is 1. The standard InChI is InChI=1S/C21H33N3O4/c1-6-24(12-19(25)22-15(4)5)13-20(26)23-21(14(2)3)16-7-8-17-18(11-16)28-10-9-27-17/h7-8,11,14-15,21H,6,9-10,12-13H2,1-5H3,(H,22,25)(H,23,26)/p+1/t21-/m1/s1. The van der Waals surface area contributed by atoms with Crippen LogP contribution in [0.25, 0.3) is 0 Å². The first-order valence-electron chi connectivity index (χ1n) is 10.1. The van der Waals surface area contributed by atoms with E-state index in [2.05, 4.69) is 24.5 Å². The zero-order valence-electron chi connectivity index (χ0n) is 17.6. The summed E-state index contributed by atoms with van der Waals surface area (Å²) in [6.45, 7) is 12.3. The maximum Gasteiger partial charge on any atom is 0.275 e. The Balaban J connectivity index is 2.01. The van der Waals surface area contributed by atoms with Crippen molar-refractivity contribution >= 4 is 11.8 Å². The van der Waals surface area contributed by atoms with E-state index in [1.807, 2.05) is 39.0 Å². The van der Waals surface area contributed by atoms with Crippen molar-refractivity contribution in [2.75, 3.05) is 32.8 Å². The van der Waals surface area contributed by atoms with Gasteiger partial charge in [-0.1, -0.05) is 19.9 Å². The van der Waals surface area contributed by atoms with Crippen LogP contribution in [0, 0.1) is 5.92 Å². The maximum atomic E-state index is 12.7. The second-order valence-corrected chi connectivity index (χ2v) is 7.87. The number of rotatable bonds is 9. The maximum absolute atomic E-state index is 12.7. The molecule has 0 saturated heterocycles. The van der Waals surface area contributed by atoms with Gasteiger partial charge in [-0.2, -0.15) is 0 Å². The van der Waals surface area contributed by atoms with Crippen molar-refractivity contribution in [2.24, 2.45) is 5.92 Å². The SMILES string of the molecule is CC[NH+](CC(=O)NC(C)C)CC(=O)N[C@@H](c1ccc2c(c1)OCCO2)C(C)C. The molecule has 1 heterocycles. The Morgan fingerprint density at radius 2 is 1.61 bits per heavy atom. The molecule has 1 aromatic rings. The molecule has 156 valence electrons. The van der Waals surface area contributed by atoms with Gasteiger partial charge in [0.05, 0.1) is 12.6 Å². The minimum Gasteiger partial charge on any atom is -0.486 e. The third-order valence-corrected chi connectivity index (χ3v) is 4.68. The lowest BCUT2D eigenvalue weighted by Gasteiger charge is -2.26. The molecule has 0 saturated carbocycles. The number of fused-ring (bicyclic) bond motifs is 1. The van der Waals surface area contributed by atoms with Crippen molar-refractivity contribution in [1.82, 2.24) is 10.6 Å². The predicted octanol–water partition coefficient (Wildman–Crippen LogP) is 0.701. The molecule has 0 spiro atoms. The van der Waals surface area contributed by atoms with E-state index in [9.17, 15) is 9.59 Å². The van der Waals surface area contributed by atoms with Gasteiger partial charge >= 0.3 is 0 Å². The summed E-state index contributed by atoms with van der Waals surface area (Å²) in [5.74, 6) is 1.56. The van der Waals surface area contributed by atoms with Gasteiger partial charge in [-0.15, -0.1) is 0 Å². The van der Waals surface area contributed by atoms with Crippen molar-refractivity contribution in [3.05, 3.63) is 23.8 Å². The second kappa shape index (κ2) is 10.3. The molecule has 0 aromatic heterocycles. The summed E-state index contributed by atoms with van der Waals surface area (Å²) in [5, 5.41) is 6.01. The molecule has 0 aliphatic carbocycles. The Labute approximate surface area is 167 Å². The number of carbonyl (C=O) groups excluding carboxylic acids is 2.